The van der Waals surface area contributed by atoms with Gasteiger partial charge in [0.25, 0.3) is 0 Å². The van der Waals surface area contributed by atoms with Gasteiger partial charge in [-0.05, 0) is 23.5 Å². The van der Waals surface area contributed by atoms with Crippen molar-refractivity contribution < 1.29 is 0 Å². The van der Waals surface area contributed by atoms with E-state index >= 15 is 0 Å². The van der Waals surface area contributed by atoms with E-state index in [4.69, 9.17) is 0 Å². The van der Waals surface area contributed by atoms with Crippen molar-refractivity contribution in [2.24, 2.45) is 0 Å². The predicted octanol–water partition coefficient (Wildman–Crippen LogP) is 5.73. The molecular weight excluding hydrogens is 218 g/mol. The average molecular weight is 251 g/mol. The Bertz CT molecular complexity index is 304. The van der Waals surface area contributed by atoms with Gasteiger partial charge in [0.1, 0.15) is 0 Å². The van der Waals surface area contributed by atoms with Crippen molar-refractivity contribution in [1.29, 1.82) is 0 Å². The Balaban J connectivity index is 0. The maximum Gasteiger partial charge on any atom is 0.0497 e. The molecule has 0 unspecified atom stereocenters. The second-order valence-corrected chi connectivity index (χ2v) is 5.34. The molecular formula is C17H33N. The molecule has 0 N–H and O–H groups in total. The van der Waals surface area contributed by atoms with Crippen molar-refractivity contribution in [3.63, 3.8) is 0 Å². The van der Waals surface area contributed by atoms with Crippen LogP contribution in [0.4, 0.5) is 0 Å². The zero-order valence-electron chi connectivity index (χ0n) is 12.9. The molecule has 18 heavy (non-hydrogen) atoms. The summed E-state index contributed by atoms with van der Waals surface area (Å²) in [5, 5.41) is 0. The van der Waals surface area contributed by atoms with Crippen LogP contribution >= 0.6 is 0 Å². The first kappa shape index (κ1) is 19.5. The third-order valence-corrected chi connectivity index (χ3v) is 3.06. The highest BCUT2D eigenvalue weighted by molar-refractivity contribution is 5.39. The second-order valence-electron chi connectivity index (χ2n) is 5.34. The highest BCUT2D eigenvalue weighted by Crippen LogP contribution is 2.47. The molecule has 1 aliphatic rings. The zero-order chi connectivity index (χ0) is 13.7. The molecule has 1 nitrogen and oxygen atoms in total. The molecule has 0 bridgehead atoms. The van der Waals surface area contributed by atoms with Crippen LogP contribution in [-0.4, -0.2) is 4.98 Å². The number of nitrogens with zero attached hydrogens (tertiary/aromatic N) is 1. The quantitative estimate of drug-likeness (QED) is 0.574. The largest absolute Gasteiger partial charge is 0.260 e. The smallest absolute Gasteiger partial charge is 0.0497 e. The van der Waals surface area contributed by atoms with E-state index in [1.54, 1.807) is 0 Å². The fourth-order valence-corrected chi connectivity index (χ4v) is 2.77. The molecule has 1 aliphatic carbocycles. The van der Waals surface area contributed by atoms with E-state index in [2.05, 4.69) is 38.7 Å². The van der Waals surface area contributed by atoms with E-state index in [0.717, 1.165) is 0 Å². The summed E-state index contributed by atoms with van der Waals surface area (Å²) in [7, 11) is 0. The van der Waals surface area contributed by atoms with Crippen molar-refractivity contribution in [2.75, 3.05) is 0 Å². The normalized spacial score (nSPS) is 17.1. The van der Waals surface area contributed by atoms with Gasteiger partial charge in [-0.2, -0.15) is 0 Å². The van der Waals surface area contributed by atoms with Crippen LogP contribution in [0.2, 0.25) is 0 Å². The molecule has 2 rings (SSSR count). The van der Waals surface area contributed by atoms with Gasteiger partial charge in [-0.15, -0.1) is 0 Å². The van der Waals surface area contributed by atoms with E-state index in [1.807, 2.05) is 40.0 Å². The average Bonchev–Trinajstić information content (AvgIpc) is 2.51. The SMILES string of the molecule is C.CC.CC.CC1(C)CC(C)(C)c2ncccc21. The molecule has 0 amide bonds. The van der Waals surface area contributed by atoms with Crippen LogP contribution in [0.25, 0.3) is 0 Å². The van der Waals surface area contributed by atoms with Crippen LogP contribution in [-0.2, 0) is 10.8 Å². The molecule has 0 aromatic carbocycles. The molecule has 0 radical (unpaired) electrons. The fraction of sp³-hybridized carbons (Fsp3) is 0.706. The first-order valence-electron chi connectivity index (χ1n) is 6.89. The van der Waals surface area contributed by atoms with Gasteiger partial charge in [0.15, 0.2) is 0 Å². The van der Waals surface area contributed by atoms with Crippen molar-refractivity contribution in [3.05, 3.63) is 29.6 Å². The Labute approximate surface area is 115 Å². The molecule has 0 spiro atoms. The Hall–Kier alpha value is -0.850. The monoisotopic (exact) mass is 251 g/mol. The predicted molar refractivity (Wildman–Crippen MR) is 84.3 cm³/mol. The summed E-state index contributed by atoms with van der Waals surface area (Å²) in [5.41, 5.74) is 3.27. The summed E-state index contributed by atoms with van der Waals surface area (Å²) in [6, 6.07) is 4.26. The lowest BCUT2D eigenvalue weighted by Crippen LogP contribution is -2.18. The molecule has 1 heterocycles. The lowest BCUT2D eigenvalue weighted by Gasteiger charge is -2.21. The second kappa shape index (κ2) is 7.56. The molecule has 1 aromatic rings. The summed E-state index contributed by atoms with van der Waals surface area (Å²) in [6.45, 7) is 17.2. The van der Waals surface area contributed by atoms with Gasteiger partial charge >= 0.3 is 0 Å². The van der Waals surface area contributed by atoms with E-state index in [0.29, 0.717) is 5.41 Å². The standard InChI is InChI=1S/C12H17N.2C2H6.CH4/c1-11(2)8-12(3,4)10-9(11)6-5-7-13-10;2*1-2;/h5-7H,8H2,1-4H3;2*1-2H3;1H4. The first-order chi connectivity index (χ1) is 7.93. The van der Waals surface area contributed by atoms with Gasteiger partial charge in [0.2, 0.25) is 0 Å². The minimum Gasteiger partial charge on any atom is -0.260 e. The number of aromatic nitrogens is 1. The van der Waals surface area contributed by atoms with E-state index < -0.39 is 0 Å². The highest BCUT2D eigenvalue weighted by Gasteiger charge is 2.42. The minimum absolute atomic E-state index is 0. The molecule has 106 valence electrons. The van der Waals surface area contributed by atoms with Crippen molar-refractivity contribution in [2.45, 2.75) is 80.1 Å². The van der Waals surface area contributed by atoms with Crippen molar-refractivity contribution in [3.8, 4) is 0 Å². The molecule has 0 atom stereocenters. The summed E-state index contributed by atoms with van der Waals surface area (Å²) < 4.78 is 0. The Kier molecular flexibility index (Phi) is 8.18. The number of rotatable bonds is 0. The van der Waals surface area contributed by atoms with E-state index in [-0.39, 0.29) is 12.8 Å². The third-order valence-electron chi connectivity index (χ3n) is 3.06. The van der Waals surface area contributed by atoms with Gasteiger partial charge in [-0.1, -0.05) is 68.9 Å². The molecule has 0 fully saturated rings. The lowest BCUT2D eigenvalue weighted by molar-refractivity contribution is 0.399. The van der Waals surface area contributed by atoms with Gasteiger partial charge < -0.3 is 0 Å². The van der Waals surface area contributed by atoms with Crippen molar-refractivity contribution >= 4 is 0 Å². The Morgan fingerprint density at radius 3 is 1.89 bits per heavy atom. The summed E-state index contributed by atoms with van der Waals surface area (Å²) >= 11 is 0. The summed E-state index contributed by atoms with van der Waals surface area (Å²) in [4.78, 5) is 4.51. The number of hydrogen-bond donors (Lipinski definition) is 0. The van der Waals surface area contributed by atoms with Crippen LogP contribution < -0.4 is 0 Å². The van der Waals surface area contributed by atoms with E-state index in [1.165, 1.54) is 17.7 Å². The summed E-state index contributed by atoms with van der Waals surface area (Å²) in [6.07, 6.45) is 3.11. The van der Waals surface area contributed by atoms with Gasteiger partial charge in [-0.3, -0.25) is 4.98 Å². The number of fused-ring (bicyclic) bond motifs is 1. The molecule has 1 heteroatoms. The lowest BCUT2D eigenvalue weighted by atomic mass is 9.82. The molecule has 0 saturated carbocycles. The highest BCUT2D eigenvalue weighted by atomic mass is 14.7. The molecule has 0 aliphatic heterocycles. The van der Waals surface area contributed by atoms with E-state index in [9.17, 15) is 0 Å². The maximum absolute atomic E-state index is 4.51. The van der Waals surface area contributed by atoms with Gasteiger partial charge in [0, 0.05) is 17.3 Å². The Morgan fingerprint density at radius 1 is 0.944 bits per heavy atom. The number of pyridine rings is 1. The topological polar surface area (TPSA) is 12.9 Å². The van der Waals surface area contributed by atoms with Crippen LogP contribution in [0.1, 0.15) is 80.5 Å². The zero-order valence-corrected chi connectivity index (χ0v) is 12.9. The first-order valence-corrected chi connectivity index (χ1v) is 6.89. The maximum atomic E-state index is 4.51. The summed E-state index contributed by atoms with van der Waals surface area (Å²) in [5.74, 6) is 0. The van der Waals surface area contributed by atoms with Crippen LogP contribution in [0.5, 0.6) is 0 Å². The number of hydrogen-bond acceptors (Lipinski definition) is 1. The van der Waals surface area contributed by atoms with Gasteiger partial charge in [0.05, 0.1) is 0 Å². The minimum atomic E-state index is 0. The fourth-order valence-electron chi connectivity index (χ4n) is 2.77. The third kappa shape index (κ3) is 3.83. The van der Waals surface area contributed by atoms with Crippen LogP contribution in [0.15, 0.2) is 18.3 Å². The van der Waals surface area contributed by atoms with Crippen molar-refractivity contribution in [1.82, 2.24) is 4.98 Å². The van der Waals surface area contributed by atoms with Crippen LogP contribution in [0, 0.1) is 0 Å². The molecule has 0 saturated heterocycles. The molecule has 1 aromatic heterocycles. The Morgan fingerprint density at radius 2 is 1.44 bits per heavy atom. The van der Waals surface area contributed by atoms with Crippen LogP contribution in [0.3, 0.4) is 0 Å². The van der Waals surface area contributed by atoms with Gasteiger partial charge in [-0.25, -0.2) is 0 Å².